The molecule has 3 heteroatoms. The van der Waals surface area contributed by atoms with Crippen LogP contribution < -0.4 is 0 Å². The molecule has 0 unspecified atom stereocenters. The summed E-state index contributed by atoms with van der Waals surface area (Å²) in [6.45, 7) is 13.9. The van der Waals surface area contributed by atoms with Gasteiger partial charge in [0.05, 0.1) is 22.8 Å². The Labute approximate surface area is 452 Å². The Bertz CT molecular complexity index is 1510. The Hall–Kier alpha value is -1.56. The van der Waals surface area contributed by atoms with Crippen molar-refractivity contribution in [3.8, 4) is 0 Å². The predicted molar refractivity (Wildman–Crippen MR) is 314 cm³/mol. The van der Waals surface area contributed by atoms with E-state index in [-0.39, 0.29) is 20.4 Å². The van der Waals surface area contributed by atoms with Gasteiger partial charge in [-0.25, -0.2) is 0 Å². The van der Waals surface area contributed by atoms with Crippen molar-refractivity contribution in [2.75, 3.05) is 0 Å². The second-order valence-corrected chi connectivity index (χ2v) is 21.9. The summed E-state index contributed by atoms with van der Waals surface area (Å²) in [6.07, 6.45) is 63.3. The minimum absolute atomic E-state index is 0. The van der Waals surface area contributed by atoms with Crippen LogP contribution in [0.2, 0.25) is 0 Å². The van der Waals surface area contributed by atoms with E-state index in [1.54, 1.807) is 11.1 Å². The van der Waals surface area contributed by atoms with Gasteiger partial charge in [-0.15, -0.1) is 0 Å². The Balaban J connectivity index is 0.0000245. The summed E-state index contributed by atoms with van der Waals surface area (Å²) in [7, 11) is 0. The van der Waals surface area contributed by atoms with Crippen LogP contribution in [0.5, 0.6) is 0 Å². The van der Waals surface area contributed by atoms with E-state index in [1.165, 1.54) is 305 Å². The minimum atomic E-state index is 0. The number of unbranched alkanes of at least 4 members (excludes halogenated alkanes) is 35. The van der Waals surface area contributed by atoms with Gasteiger partial charge in [0.15, 0.2) is 0 Å². The molecule has 0 atom stereocenters. The molecule has 0 aliphatic heterocycles. The van der Waals surface area contributed by atoms with Gasteiger partial charge in [0.2, 0.25) is 0 Å². The fraction of sp³-hybridized carbons (Fsp3) is 0.791. The number of aliphatic imine (C=N–C) groups is 2. The van der Waals surface area contributed by atoms with Crippen molar-refractivity contribution >= 4 is 22.8 Å². The van der Waals surface area contributed by atoms with E-state index >= 15 is 0 Å². The molecule has 0 radical (unpaired) electrons. The van der Waals surface area contributed by atoms with Crippen LogP contribution in [0.4, 0.5) is 11.4 Å². The van der Waals surface area contributed by atoms with Crippen molar-refractivity contribution in [2.24, 2.45) is 9.98 Å². The molecule has 0 aromatic heterocycles. The molecule has 0 spiro atoms. The van der Waals surface area contributed by atoms with Gasteiger partial charge in [0, 0.05) is 20.4 Å². The number of hydrogen-bond acceptors (Lipinski definition) is 2. The molecule has 0 aliphatic rings. The van der Waals surface area contributed by atoms with Gasteiger partial charge in [0.25, 0.3) is 0 Å². The van der Waals surface area contributed by atoms with Crippen LogP contribution in [0, 0.1) is 0 Å². The van der Waals surface area contributed by atoms with E-state index in [1.807, 2.05) is 0 Å². The van der Waals surface area contributed by atoms with E-state index in [0.29, 0.717) is 0 Å². The smallest absolute Gasteiger partial charge is 0.0636 e. The van der Waals surface area contributed by atoms with E-state index in [9.17, 15) is 0 Å². The molecule has 0 bridgehead atoms. The average Bonchev–Trinajstić information content (AvgIpc) is 3.36. The minimum Gasteiger partial charge on any atom is -0.252 e. The van der Waals surface area contributed by atoms with Gasteiger partial charge < -0.3 is 0 Å². The zero-order chi connectivity index (χ0) is 49.5. The molecule has 0 N–H and O–H groups in total. The van der Waals surface area contributed by atoms with E-state index < -0.39 is 0 Å². The molecule has 70 heavy (non-hydrogen) atoms. The van der Waals surface area contributed by atoms with Crippen molar-refractivity contribution in [1.82, 2.24) is 0 Å². The zero-order valence-electron chi connectivity index (χ0n) is 47.9. The van der Waals surface area contributed by atoms with Crippen LogP contribution in [0.25, 0.3) is 0 Å². The summed E-state index contributed by atoms with van der Waals surface area (Å²) >= 11 is 0. The van der Waals surface area contributed by atoms with Gasteiger partial charge in [-0.3, -0.25) is 9.98 Å². The summed E-state index contributed by atoms with van der Waals surface area (Å²) in [6, 6.07) is 14.4. The second-order valence-electron chi connectivity index (χ2n) is 21.9. The van der Waals surface area contributed by atoms with Gasteiger partial charge in [-0.1, -0.05) is 278 Å². The number of benzene rings is 2. The van der Waals surface area contributed by atoms with Crippen molar-refractivity contribution in [3.63, 3.8) is 0 Å². The van der Waals surface area contributed by atoms with Crippen molar-refractivity contribution in [3.05, 3.63) is 58.7 Å². The van der Waals surface area contributed by atoms with Crippen LogP contribution in [0.1, 0.15) is 340 Å². The maximum atomic E-state index is 5.60. The van der Waals surface area contributed by atoms with E-state index in [2.05, 4.69) is 77.9 Å². The van der Waals surface area contributed by atoms with E-state index in [4.69, 9.17) is 9.98 Å². The van der Waals surface area contributed by atoms with Crippen LogP contribution >= 0.6 is 0 Å². The van der Waals surface area contributed by atoms with E-state index in [0.717, 1.165) is 30.6 Å². The first-order chi connectivity index (χ1) is 34.1. The molecular formula is C67H118N2Pd. The summed E-state index contributed by atoms with van der Waals surface area (Å²) < 4.78 is 0. The third kappa shape index (κ3) is 35.6. The van der Waals surface area contributed by atoms with Crippen LogP contribution in [-0.4, -0.2) is 11.4 Å². The largest absolute Gasteiger partial charge is 0.252 e. The van der Waals surface area contributed by atoms with Gasteiger partial charge in [-0.05, 0) is 124 Å². The van der Waals surface area contributed by atoms with Gasteiger partial charge in [0.1, 0.15) is 0 Å². The number of aryl methyl sites for hydroxylation is 4. The fourth-order valence-electron chi connectivity index (χ4n) is 10.5. The fourth-order valence-corrected chi connectivity index (χ4v) is 10.5. The SMILES string of the molecule is CCCCCCCCCCCCCCCCCCCCCCCCCCCCCC(=N\c1ccc(CCCCC)c(CCCCC)c1)/C(CCCC)=N/c1ccc(CCCCC)c(CCCCC)c1.[Pd]. The molecule has 0 aliphatic carbocycles. The Kier molecular flexibility index (Phi) is 47.1. The molecule has 2 nitrogen and oxygen atoms in total. The Morgan fingerprint density at radius 1 is 0.257 bits per heavy atom. The third-order valence-electron chi connectivity index (χ3n) is 15.2. The maximum Gasteiger partial charge on any atom is 0.0636 e. The quantitative estimate of drug-likeness (QED) is 0.0358. The molecule has 0 fully saturated rings. The number of nitrogens with zero attached hydrogens (tertiary/aromatic N) is 2. The topological polar surface area (TPSA) is 24.7 Å². The van der Waals surface area contributed by atoms with Crippen molar-refractivity contribution in [1.29, 1.82) is 0 Å². The standard InChI is InChI=1S/C67H118N2.Pd/c1-7-13-19-20-21-22-23-24-25-26-27-28-29-30-31-32-33-34-35-36-37-38-39-40-41-42-47-53-67(69-65-57-55-61(49-44-15-9-3)63(59-65)51-46-17-11-5)66(52-18-12-6)68-64-56-54-60(48-43-14-8-2)62(58-64)50-45-16-10-4;/h54-59H,7-53H2,1-6H3;/b68-66+,69-67+;. The van der Waals surface area contributed by atoms with Crippen molar-refractivity contribution < 1.29 is 20.4 Å². The molecular weight excluding hydrogens is 939 g/mol. The molecule has 2 rings (SSSR count). The normalized spacial score (nSPS) is 12.0. The van der Waals surface area contributed by atoms with Crippen LogP contribution in [-0.2, 0) is 46.1 Å². The average molecular weight is 1060 g/mol. The van der Waals surface area contributed by atoms with Crippen LogP contribution in [0.15, 0.2) is 46.4 Å². The molecule has 2 aromatic rings. The molecule has 0 amide bonds. The van der Waals surface area contributed by atoms with Gasteiger partial charge in [-0.2, -0.15) is 0 Å². The first-order valence-corrected chi connectivity index (χ1v) is 31.5. The summed E-state index contributed by atoms with van der Waals surface area (Å²) in [4.78, 5) is 11.2. The van der Waals surface area contributed by atoms with Gasteiger partial charge >= 0.3 is 0 Å². The summed E-state index contributed by atoms with van der Waals surface area (Å²) in [5.74, 6) is 0. The van der Waals surface area contributed by atoms with Crippen molar-refractivity contribution in [2.45, 2.75) is 343 Å². The summed E-state index contributed by atoms with van der Waals surface area (Å²) in [5, 5.41) is 0. The third-order valence-corrected chi connectivity index (χ3v) is 15.2. The second kappa shape index (κ2) is 49.6. The monoisotopic (exact) mass is 1060 g/mol. The Morgan fingerprint density at radius 2 is 0.486 bits per heavy atom. The zero-order valence-corrected chi connectivity index (χ0v) is 49.5. The number of hydrogen-bond donors (Lipinski definition) is 0. The molecule has 406 valence electrons. The number of rotatable bonds is 50. The molecule has 2 aromatic carbocycles. The predicted octanol–water partition coefficient (Wildman–Crippen LogP) is 23.6. The first-order valence-electron chi connectivity index (χ1n) is 31.5. The molecule has 0 saturated heterocycles. The molecule has 0 saturated carbocycles. The maximum absolute atomic E-state index is 5.60. The Morgan fingerprint density at radius 3 is 0.771 bits per heavy atom. The van der Waals surface area contributed by atoms with Crippen LogP contribution in [0.3, 0.4) is 0 Å². The first kappa shape index (κ1) is 66.5. The molecule has 0 heterocycles. The summed E-state index contributed by atoms with van der Waals surface area (Å²) in [5.41, 5.74) is 11.0.